The summed E-state index contributed by atoms with van der Waals surface area (Å²) in [5.41, 5.74) is -2.25. The van der Waals surface area contributed by atoms with Crippen LogP contribution in [0.5, 0.6) is 0 Å². The van der Waals surface area contributed by atoms with Crippen molar-refractivity contribution in [3.63, 3.8) is 0 Å². The lowest BCUT2D eigenvalue weighted by Crippen LogP contribution is -2.48. The molecule has 5 heteroatoms. The Bertz CT molecular complexity index is 270. The summed E-state index contributed by atoms with van der Waals surface area (Å²) in [6.45, 7) is 0. The van der Waals surface area contributed by atoms with Gasteiger partial charge in [-0.1, -0.05) is 6.08 Å². The Labute approximate surface area is 74.3 Å². The predicted molar refractivity (Wildman–Crippen MR) is 42.1 cm³/mol. The van der Waals surface area contributed by atoms with Gasteiger partial charge in [0.15, 0.2) is 5.60 Å². The normalized spacial score (nSPS) is 32.8. The number of carboxylic acids is 2. The fourth-order valence-electron chi connectivity index (χ4n) is 1.39. The Morgan fingerprint density at radius 3 is 2.38 bits per heavy atom. The molecule has 0 bridgehead atoms. The van der Waals surface area contributed by atoms with Gasteiger partial charge >= 0.3 is 11.9 Å². The first-order valence-corrected chi connectivity index (χ1v) is 3.84. The fraction of sp³-hybridized carbons (Fsp3) is 0.500. The summed E-state index contributed by atoms with van der Waals surface area (Å²) >= 11 is 0. The molecule has 0 aromatic carbocycles. The molecule has 0 amide bonds. The van der Waals surface area contributed by atoms with Crippen LogP contribution in [0.15, 0.2) is 12.2 Å². The van der Waals surface area contributed by atoms with Crippen LogP contribution in [0.4, 0.5) is 0 Å². The standard InChI is InChI=1S/C8H10O5/c9-6(10)5-3-1-2-4-8(5,13)7(11)12/h2,4-5,13H,1,3H2,(H,9,10)(H,11,12). The molecule has 0 aromatic heterocycles. The first-order valence-electron chi connectivity index (χ1n) is 3.84. The zero-order valence-corrected chi connectivity index (χ0v) is 6.80. The van der Waals surface area contributed by atoms with Crippen molar-refractivity contribution in [3.05, 3.63) is 12.2 Å². The Balaban J connectivity index is 3.02. The molecule has 5 nitrogen and oxygen atoms in total. The van der Waals surface area contributed by atoms with E-state index in [4.69, 9.17) is 10.2 Å². The van der Waals surface area contributed by atoms with Crippen molar-refractivity contribution >= 4 is 11.9 Å². The molecule has 1 aliphatic carbocycles. The van der Waals surface area contributed by atoms with Crippen LogP contribution in [-0.4, -0.2) is 32.9 Å². The predicted octanol–water partition coefficient (Wildman–Crippen LogP) is -0.147. The van der Waals surface area contributed by atoms with Crippen molar-refractivity contribution in [1.29, 1.82) is 0 Å². The summed E-state index contributed by atoms with van der Waals surface area (Å²) in [7, 11) is 0. The van der Waals surface area contributed by atoms with Crippen molar-refractivity contribution in [1.82, 2.24) is 0 Å². The van der Waals surface area contributed by atoms with Crippen LogP contribution < -0.4 is 0 Å². The highest BCUT2D eigenvalue weighted by atomic mass is 16.4. The Kier molecular flexibility index (Phi) is 2.38. The largest absolute Gasteiger partial charge is 0.481 e. The molecule has 0 spiro atoms. The summed E-state index contributed by atoms with van der Waals surface area (Å²) in [5.74, 6) is -4.06. The van der Waals surface area contributed by atoms with Crippen molar-refractivity contribution in [3.8, 4) is 0 Å². The molecule has 0 heterocycles. The third-order valence-corrected chi connectivity index (χ3v) is 2.17. The first kappa shape index (κ1) is 9.73. The number of carboxylic acid groups (broad SMARTS) is 2. The maximum atomic E-state index is 10.6. The quantitative estimate of drug-likeness (QED) is 0.521. The van der Waals surface area contributed by atoms with Crippen LogP contribution in [0.2, 0.25) is 0 Å². The summed E-state index contributed by atoms with van der Waals surface area (Å²) in [6, 6.07) is 0. The Morgan fingerprint density at radius 2 is 2.00 bits per heavy atom. The second-order valence-corrected chi connectivity index (χ2v) is 3.00. The van der Waals surface area contributed by atoms with E-state index in [1.807, 2.05) is 0 Å². The second kappa shape index (κ2) is 3.18. The number of aliphatic carboxylic acids is 2. The maximum absolute atomic E-state index is 10.6. The minimum absolute atomic E-state index is 0.147. The molecular formula is C8H10O5. The van der Waals surface area contributed by atoms with Gasteiger partial charge in [-0.25, -0.2) is 4.79 Å². The minimum atomic E-state index is -2.25. The molecule has 3 N–H and O–H groups in total. The lowest BCUT2D eigenvalue weighted by molar-refractivity contribution is -0.169. The third kappa shape index (κ3) is 1.55. The van der Waals surface area contributed by atoms with E-state index in [1.165, 1.54) is 6.08 Å². The van der Waals surface area contributed by atoms with Gasteiger partial charge in [-0.3, -0.25) is 4.79 Å². The molecule has 0 saturated carbocycles. The molecule has 1 aliphatic rings. The number of carbonyl (C=O) groups is 2. The Hall–Kier alpha value is -1.36. The summed E-state index contributed by atoms with van der Waals surface area (Å²) in [4.78, 5) is 21.2. The van der Waals surface area contributed by atoms with Crippen LogP contribution in [0.3, 0.4) is 0 Å². The molecule has 0 aromatic rings. The second-order valence-electron chi connectivity index (χ2n) is 3.00. The lowest BCUT2D eigenvalue weighted by atomic mass is 9.80. The van der Waals surface area contributed by atoms with Gasteiger partial charge in [0.1, 0.15) is 5.92 Å². The van der Waals surface area contributed by atoms with E-state index in [0.717, 1.165) is 6.08 Å². The van der Waals surface area contributed by atoms with Crippen LogP contribution in [0, 0.1) is 5.92 Å². The molecule has 2 atom stereocenters. The smallest absolute Gasteiger partial charge is 0.340 e. The fourth-order valence-corrected chi connectivity index (χ4v) is 1.39. The lowest BCUT2D eigenvalue weighted by Gasteiger charge is -2.29. The molecule has 0 saturated heterocycles. The molecule has 0 fully saturated rings. The minimum Gasteiger partial charge on any atom is -0.481 e. The first-order chi connectivity index (χ1) is 5.98. The maximum Gasteiger partial charge on any atom is 0.340 e. The Morgan fingerprint density at radius 1 is 1.38 bits per heavy atom. The van der Waals surface area contributed by atoms with Crippen LogP contribution in [0.1, 0.15) is 12.8 Å². The number of hydrogen-bond acceptors (Lipinski definition) is 3. The van der Waals surface area contributed by atoms with Crippen molar-refractivity contribution < 1.29 is 24.9 Å². The highest BCUT2D eigenvalue weighted by Gasteiger charge is 2.47. The zero-order chi connectivity index (χ0) is 10.1. The summed E-state index contributed by atoms with van der Waals surface area (Å²) in [5, 5.41) is 26.8. The van der Waals surface area contributed by atoms with Gasteiger partial charge in [-0.2, -0.15) is 0 Å². The number of aliphatic hydroxyl groups is 1. The number of rotatable bonds is 2. The average Bonchev–Trinajstić information content (AvgIpc) is 2.04. The average molecular weight is 186 g/mol. The van der Waals surface area contributed by atoms with Crippen molar-refractivity contribution in [2.24, 2.45) is 5.92 Å². The molecule has 0 radical (unpaired) electrons. The van der Waals surface area contributed by atoms with Crippen LogP contribution in [-0.2, 0) is 9.59 Å². The van der Waals surface area contributed by atoms with Gasteiger partial charge in [-0.05, 0) is 18.9 Å². The van der Waals surface area contributed by atoms with E-state index in [-0.39, 0.29) is 6.42 Å². The summed E-state index contributed by atoms with van der Waals surface area (Å²) in [6.07, 6.45) is 3.15. The van der Waals surface area contributed by atoms with Crippen LogP contribution >= 0.6 is 0 Å². The van der Waals surface area contributed by atoms with Gasteiger partial charge in [0, 0.05) is 0 Å². The van der Waals surface area contributed by atoms with E-state index in [2.05, 4.69) is 0 Å². The SMILES string of the molecule is O=C(O)C1CCC=CC1(O)C(=O)O. The van der Waals surface area contributed by atoms with Gasteiger partial charge in [-0.15, -0.1) is 0 Å². The zero-order valence-electron chi connectivity index (χ0n) is 6.80. The van der Waals surface area contributed by atoms with E-state index in [0.29, 0.717) is 6.42 Å². The molecule has 0 aliphatic heterocycles. The van der Waals surface area contributed by atoms with Crippen molar-refractivity contribution in [2.45, 2.75) is 18.4 Å². The van der Waals surface area contributed by atoms with Gasteiger partial charge in [0.05, 0.1) is 0 Å². The van der Waals surface area contributed by atoms with Gasteiger partial charge in [0.25, 0.3) is 0 Å². The summed E-state index contributed by atoms with van der Waals surface area (Å²) < 4.78 is 0. The topological polar surface area (TPSA) is 94.8 Å². The van der Waals surface area contributed by atoms with E-state index >= 15 is 0 Å². The van der Waals surface area contributed by atoms with Gasteiger partial charge < -0.3 is 15.3 Å². The van der Waals surface area contributed by atoms with E-state index in [9.17, 15) is 14.7 Å². The highest BCUT2D eigenvalue weighted by Crippen LogP contribution is 2.29. The van der Waals surface area contributed by atoms with E-state index < -0.39 is 23.5 Å². The number of hydrogen-bond donors (Lipinski definition) is 3. The molecule has 13 heavy (non-hydrogen) atoms. The van der Waals surface area contributed by atoms with E-state index in [1.54, 1.807) is 0 Å². The van der Waals surface area contributed by atoms with Gasteiger partial charge in [0.2, 0.25) is 0 Å². The number of allylic oxidation sites excluding steroid dienone is 1. The molecular weight excluding hydrogens is 176 g/mol. The molecule has 1 rings (SSSR count). The van der Waals surface area contributed by atoms with Crippen LogP contribution in [0.25, 0.3) is 0 Å². The highest BCUT2D eigenvalue weighted by molar-refractivity contribution is 5.88. The molecule has 72 valence electrons. The van der Waals surface area contributed by atoms with Crippen molar-refractivity contribution in [2.75, 3.05) is 0 Å². The monoisotopic (exact) mass is 186 g/mol. The molecule has 2 unspecified atom stereocenters. The third-order valence-electron chi connectivity index (χ3n) is 2.17.